The second-order valence-corrected chi connectivity index (χ2v) is 6.11. The van der Waals surface area contributed by atoms with Crippen molar-refractivity contribution in [1.82, 2.24) is 20.2 Å². The lowest BCUT2D eigenvalue weighted by Gasteiger charge is -2.11. The number of hydrogen-bond acceptors (Lipinski definition) is 4. The van der Waals surface area contributed by atoms with Crippen molar-refractivity contribution >= 4 is 21.6 Å². The number of thiophene rings is 1. The van der Waals surface area contributed by atoms with Crippen molar-refractivity contribution in [2.45, 2.75) is 32.6 Å². The molecule has 0 radical (unpaired) electrons. The van der Waals surface area contributed by atoms with Gasteiger partial charge in [-0.25, -0.2) is 9.97 Å². The van der Waals surface area contributed by atoms with Gasteiger partial charge in [-0.1, -0.05) is 0 Å². The monoisotopic (exact) mass is 270 g/mol. The first-order chi connectivity index (χ1) is 9.34. The van der Waals surface area contributed by atoms with Gasteiger partial charge in [-0.2, -0.15) is 5.10 Å². The van der Waals surface area contributed by atoms with Crippen molar-refractivity contribution in [3.63, 3.8) is 0 Å². The van der Waals surface area contributed by atoms with Gasteiger partial charge < -0.3 is 0 Å². The van der Waals surface area contributed by atoms with Gasteiger partial charge in [0, 0.05) is 21.5 Å². The number of hydrogen-bond donors (Lipinski definition) is 1. The molecule has 0 fully saturated rings. The zero-order chi connectivity index (χ0) is 12.8. The molecule has 1 aliphatic carbocycles. The fourth-order valence-electron chi connectivity index (χ4n) is 2.88. The van der Waals surface area contributed by atoms with Crippen LogP contribution in [-0.2, 0) is 12.8 Å². The van der Waals surface area contributed by atoms with E-state index in [9.17, 15) is 0 Å². The molecular formula is C14H14N4S. The number of fused-ring (bicyclic) bond motifs is 3. The number of aromatic nitrogens is 4. The van der Waals surface area contributed by atoms with Gasteiger partial charge in [0.05, 0.1) is 11.9 Å². The molecule has 1 N–H and O–H groups in total. The number of nitrogens with one attached hydrogen (secondary N) is 1. The molecule has 0 spiro atoms. The van der Waals surface area contributed by atoms with Crippen LogP contribution in [0.3, 0.4) is 0 Å². The summed E-state index contributed by atoms with van der Waals surface area (Å²) in [4.78, 5) is 11.6. The van der Waals surface area contributed by atoms with Gasteiger partial charge in [-0.3, -0.25) is 5.10 Å². The van der Waals surface area contributed by atoms with Crippen LogP contribution in [0.1, 0.15) is 29.0 Å². The fourth-order valence-corrected chi connectivity index (χ4v) is 4.11. The quantitative estimate of drug-likeness (QED) is 0.738. The van der Waals surface area contributed by atoms with Crippen LogP contribution < -0.4 is 0 Å². The van der Waals surface area contributed by atoms with Crippen molar-refractivity contribution in [1.29, 1.82) is 0 Å². The highest BCUT2D eigenvalue weighted by atomic mass is 32.1. The summed E-state index contributed by atoms with van der Waals surface area (Å²) in [6, 6.07) is 0. The first-order valence-electron chi connectivity index (χ1n) is 6.60. The van der Waals surface area contributed by atoms with Crippen LogP contribution >= 0.6 is 11.3 Å². The second-order valence-electron chi connectivity index (χ2n) is 5.02. The van der Waals surface area contributed by atoms with E-state index in [1.165, 1.54) is 35.1 Å². The average Bonchev–Trinajstić information content (AvgIpc) is 3.01. The molecule has 0 atom stereocenters. The van der Waals surface area contributed by atoms with Crippen molar-refractivity contribution in [3.05, 3.63) is 28.7 Å². The number of H-pyrrole nitrogens is 1. The Morgan fingerprint density at radius 2 is 2.11 bits per heavy atom. The van der Waals surface area contributed by atoms with E-state index >= 15 is 0 Å². The number of nitrogens with zero attached hydrogens (tertiary/aromatic N) is 3. The Labute approximate surface area is 114 Å². The predicted molar refractivity (Wildman–Crippen MR) is 76.4 cm³/mol. The number of aromatic amines is 1. The predicted octanol–water partition coefficient (Wildman–Crippen LogP) is 3.27. The average molecular weight is 270 g/mol. The Kier molecular flexibility index (Phi) is 2.41. The maximum atomic E-state index is 4.53. The summed E-state index contributed by atoms with van der Waals surface area (Å²) >= 11 is 1.84. The highest BCUT2D eigenvalue weighted by molar-refractivity contribution is 7.18. The normalized spacial score (nSPS) is 14.8. The summed E-state index contributed by atoms with van der Waals surface area (Å²) in [5, 5.41) is 8.37. The Hall–Kier alpha value is -1.75. The van der Waals surface area contributed by atoms with Crippen LogP contribution in [0.15, 0.2) is 12.5 Å². The molecule has 4 nitrogen and oxygen atoms in total. The molecule has 96 valence electrons. The third kappa shape index (κ3) is 1.61. The van der Waals surface area contributed by atoms with Crippen molar-refractivity contribution < 1.29 is 0 Å². The Balaban J connectivity index is 2.06. The van der Waals surface area contributed by atoms with Crippen LogP contribution in [0, 0.1) is 6.92 Å². The van der Waals surface area contributed by atoms with E-state index in [2.05, 4.69) is 20.2 Å². The van der Waals surface area contributed by atoms with Gasteiger partial charge in [0.1, 0.15) is 11.2 Å². The summed E-state index contributed by atoms with van der Waals surface area (Å²) in [6.45, 7) is 2.04. The molecule has 0 aromatic carbocycles. The van der Waals surface area contributed by atoms with Crippen molar-refractivity contribution in [2.75, 3.05) is 0 Å². The maximum absolute atomic E-state index is 4.53. The first kappa shape index (κ1) is 11.1. The number of rotatable bonds is 1. The third-order valence-corrected chi connectivity index (χ3v) is 5.04. The minimum absolute atomic E-state index is 1.04. The summed E-state index contributed by atoms with van der Waals surface area (Å²) in [6.07, 6.45) is 8.47. The van der Waals surface area contributed by atoms with Gasteiger partial charge in [0.25, 0.3) is 0 Å². The van der Waals surface area contributed by atoms with Crippen LogP contribution in [0.25, 0.3) is 21.5 Å². The molecule has 19 heavy (non-hydrogen) atoms. The number of aryl methyl sites for hydroxylation is 3. The van der Waals surface area contributed by atoms with Crippen LogP contribution in [0.4, 0.5) is 0 Å². The molecule has 5 heteroatoms. The summed E-state index contributed by atoms with van der Waals surface area (Å²) in [5.41, 5.74) is 4.67. The molecule has 3 aromatic rings. The minimum Gasteiger partial charge on any atom is -0.282 e. The molecule has 0 bridgehead atoms. The van der Waals surface area contributed by atoms with Gasteiger partial charge in [0.2, 0.25) is 0 Å². The largest absolute Gasteiger partial charge is 0.282 e. The highest BCUT2D eigenvalue weighted by Crippen LogP contribution is 2.39. The van der Waals surface area contributed by atoms with E-state index in [0.29, 0.717) is 0 Å². The topological polar surface area (TPSA) is 54.5 Å². The van der Waals surface area contributed by atoms with Crippen LogP contribution in [0.5, 0.6) is 0 Å². The minimum atomic E-state index is 1.04. The lowest BCUT2D eigenvalue weighted by atomic mass is 9.95. The second kappa shape index (κ2) is 4.13. The van der Waals surface area contributed by atoms with E-state index in [4.69, 9.17) is 0 Å². The lowest BCUT2D eigenvalue weighted by molar-refractivity contribution is 0.700. The zero-order valence-electron chi connectivity index (χ0n) is 10.7. The van der Waals surface area contributed by atoms with E-state index in [1.807, 2.05) is 24.5 Å². The molecule has 1 aliphatic rings. The van der Waals surface area contributed by atoms with Gasteiger partial charge in [0.15, 0.2) is 0 Å². The lowest BCUT2D eigenvalue weighted by Crippen LogP contribution is -1.99. The van der Waals surface area contributed by atoms with Gasteiger partial charge >= 0.3 is 0 Å². The maximum Gasteiger partial charge on any atom is 0.127 e. The van der Waals surface area contributed by atoms with E-state index < -0.39 is 0 Å². The van der Waals surface area contributed by atoms with Crippen LogP contribution in [-0.4, -0.2) is 20.2 Å². The molecular weight excluding hydrogens is 256 g/mol. The molecule has 0 saturated heterocycles. The smallest absolute Gasteiger partial charge is 0.127 e. The molecule has 3 aromatic heterocycles. The molecule has 0 amide bonds. The Morgan fingerprint density at radius 1 is 1.21 bits per heavy atom. The summed E-state index contributed by atoms with van der Waals surface area (Å²) in [7, 11) is 0. The molecule has 0 unspecified atom stereocenters. The van der Waals surface area contributed by atoms with E-state index in [1.54, 1.807) is 6.33 Å². The Morgan fingerprint density at radius 3 is 2.95 bits per heavy atom. The standard InChI is InChI=1S/C14H14N4S/c1-8-10(6-17-18-8)13-12-9-4-2-3-5-11(9)19-14(12)16-7-15-13/h6-7H,2-5H2,1H3,(H,17,18). The van der Waals surface area contributed by atoms with E-state index in [-0.39, 0.29) is 0 Å². The molecule has 0 saturated carbocycles. The van der Waals surface area contributed by atoms with Gasteiger partial charge in [-0.05, 0) is 38.2 Å². The molecule has 3 heterocycles. The van der Waals surface area contributed by atoms with Crippen molar-refractivity contribution in [2.24, 2.45) is 0 Å². The highest BCUT2D eigenvalue weighted by Gasteiger charge is 2.21. The third-order valence-electron chi connectivity index (χ3n) is 3.84. The van der Waals surface area contributed by atoms with Crippen LogP contribution in [0.2, 0.25) is 0 Å². The Bertz CT molecular complexity index is 756. The summed E-state index contributed by atoms with van der Waals surface area (Å²) < 4.78 is 0. The first-order valence-corrected chi connectivity index (χ1v) is 7.42. The van der Waals surface area contributed by atoms with Gasteiger partial charge in [-0.15, -0.1) is 11.3 Å². The van der Waals surface area contributed by atoms with Crippen molar-refractivity contribution in [3.8, 4) is 11.3 Å². The molecule has 4 rings (SSSR count). The SMILES string of the molecule is Cc1[nH]ncc1-c1ncnc2sc3c(c12)CCCC3. The zero-order valence-corrected chi connectivity index (χ0v) is 11.5. The fraction of sp³-hybridized carbons (Fsp3) is 0.357. The molecule has 0 aliphatic heterocycles. The van der Waals surface area contributed by atoms with E-state index in [0.717, 1.165) is 28.2 Å². The summed E-state index contributed by atoms with van der Waals surface area (Å²) in [5.74, 6) is 0.